The average molecular weight is 511 g/mol. The van der Waals surface area contributed by atoms with Crippen LogP contribution in [0.1, 0.15) is 48.1 Å². The standard InChI is InChI=1S/C28H28ClFN2O4/c1-17-6-5-9-22(29)24(17)25-21(26(36-31-25)28(30)10-11-28)16-34-23-13-20-12-19(23)14-32(20)27(33)35-15-18-7-3-2-4-8-18/h2-9,19-20,23H,10-16H2,1H3/t19-,20-,23+/m0/s1. The van der Waals surface area contributed by atoms with Crippen molar-refractivity contribution in [3.63, 3.8) is 0 Å². The molecule has 188 valence electrons. The topological polar surface area (TPSA) is 64.8 Å². The number of piperidine rings is 1. The molecule has 3 atom stereocenters. The smallest absolute Gasteiger partial charge is 0.410 e. The highest BCUT2D eigenvalue weighted by Crippen LogP contribution is 2.53. The summed E-state index contributed by atoms with van der Waals surface area (Å²) in [5.41, 5.74) is 2.35. The molecule has 6 rings (SSSR count). The summed E-state index contributed by atoms with van der Waals surface area (Å²) >= 11 is 6.50. The van der Waals surface area contributed by atoms with E-state index in [4.69, 9.17) is 25.6 Å². The Morgan fingerprint density at radius 3 is 2.67 bits per heavy atom. The maximum atomic E-state index is 15.1. The number of carbonyl (C=O) groups is 1. The van der Waals surface area contributed by atoms with E-state index in [2.05, 4.69) is 5.16 Å². The van der Waals surface area contributed by atoms with Gasteiger partial charge in [0.1, 0.15) is 12.3 Å². The van der Waals surface area contributed by atoms with Crippen LogP contribution >= 0.6 is 11.6 Å². The predicted molar refractivity (Wildman–Crippen MR) is 132 cm³/mol. The van der Waals surface area contributed by atoms with Gasteiger partial charge >= 0.3 is 6.09 Å². The number of likely N-dealkylation sites (tertiary alicyclic amines) is 1. The molecule has 1 aromatic heterocycles. The van der Waals surface area contributed by atoms with Crippen LogP contribution in [0.15, 0.2) is 53.1 Å². The Kier molecular flexibility index (Phi) is 6.00. The molecule has 2 heterocycles. The maximum Gasteiger partial charge on any atom is 0.410 e. The number of hydrogen-bond donors (Lipinski definition) is 0. The first kappa shape index (κ1) is 23.5. The SMILES string of the molecule is Cc1cccc(Cl)c1-c1noc(C2(F)CC2)c1CO[C@@H]1C[C@@H]2C[C@H]1CN2C(=O)OCc1ccccc1. The van der Waals surface area contributed by atoms with Gasteiger partial charge in [-0.05, 0) is 49.8 Å². The Labute approximate surface area is 214 Å². The van der Waals surface area contributed by atoms with Crippen LogP contribution in [0.25, 0.3) is 11.3 Å². The third kappa shape index (κ3) is 4.28. The summed E-state index contributed by atoms with van der Waals surface area (Å²) in [5.74, 6) is 0.472. The van der Waals surface area contributed by atoms with Crippen LogP contribution in [0.5, 0.6) is 0 Å². The van der Waals surface area contributed by atoms with Gasteiger partial charge in [-0.15, -0.1) is 0 Å². The molecule has 2 saturated carbocycles. The van der Waals surface area contributed by atoms with E-state index in [9.17, 15) is 4.79 Å². The zero-order valence-corrected chi connectivity index (χ0v) is 20.8. The Bertz CT molecular complexity index is 1260. The number of aryl methyl sites for hydroxylation is 1. The minimum absolute atomic E-state index is 0.0223. The molecule has 0 N–H and O–H groups in total. The summed E-state index contributed by atoms with van der Waals surface area (Å²) in [6.45, 7) is 3.00. The number of alkyl halides is 1. The van der Waals surface area contributed by atoms with Gasteiger partial charge in [-0.1, -0.05) is 59.2 Å². The minimum atomic E-state index is -1.48. The highest BCUT2D eigenvalue weighted by atomic mass is 35.5. The fourth-order valence-corrected chi connectivity index (χ4v) is 5.90. The second-order valence-electron chi connectivity index (χ2n) is 10.2. The number of ether oxygens (including phenoxy) is 2. The first-order valence-electron chi connectivity index (χ1n) is 12.5. The number of amides is 1. The molecule has 1 aliphatic heterocycles. The summed E-state index contributed by atoms with van der Waals surface area (Å²) in [5, 5.41) is 4.79. The van der Waals surface area contributed by atoms with Crippen molar-refractivity contribution in [2.45, 2.75) is 63.6 Å². The number of nitrogens with zero attached hydrogens (tertiary/aromatic N) is 2. The molecule has 0 radical (unpaired) electrons. The highest BCUT2D eigenvalue weighted by Gasteiger charge is 2.52. The lowest BCUT2D eigenvalue weighted by Crippen LogP contribution is -2.42. The Hall–Kier alpha value is -2.90. The van der Waals surface area contributed by atoms with Crippen LogP contribution in [-0.2, 0) is 28.4 Å². The quantitative estimate of drug-likeness (QED) is 0.359. The number of aromatic nitrogens is 1. The molecule has 36 heavy (non-hydrogen) atoms. The Morgan fingerprint density at radius 1 is 1.17 bits per heavy atom. The Morgan fingerprint density at radius 2 is 1.97 bits per heavy atom. The van der Waals surface area contributed by atoms with Gasteiger partial charge in [-0.25, -0.2) is 9.18 Å². The van der Waals surface area contributed by atoms with Crippen LogP contribution in [-0.4, -0.2) is 34.8 Å². The van der Waals surface area contributed by atoms with Crippen molar-refractivity contribution in [2.75, 3.05) is 6.54 Å². The van der Waals surface area contributed by atoms with Gasteiger partial charge in [0.15, 0.2) is 11.4 Å². The number of fused-ring (bicyclic) bond motifs is 2. The number of benzene rings is 2. The summed E-state index contributed by atoms with van der Waals surface area (Å²) in [4.78, 5) is 14.5. The van der Waals surface area contributed by atoms with Crippen molar-refractivity contribution in [2.24, 2.45) is 5.92 Å². The molecule has 1 saturated heterocycles. The lowest BCUT2D eigenvalue weighted by Gasteiger charge is -2.31. The molecule has 0 spiro atoms. The van der Waals surface area contributed by atoms with Gasteiger partial charge in [-0.3, -0.25) is 0 Å². The molecule has 0 unspecified atom stereocenters. The van der Waals surface area contributed by atoms with Gasteiger partial charge in [0.25, 0.3) is 0 Å². The lowest BCUT2D eigenvalue weighted by atomic mass is 10.00. The van der Waals surface area contributed by atoms with Crippen molar-refractivity contribution in [1.29, 1.82) is 0 Å². The van der Waals surface area contributed by atoms with Crippen molar-refractivity contribution in [1.82, 2.24) is 10.1 Å². The summed E-state index contributed by atoms with van der Waals surface area (Å²) < 4.78 is 32.6. The van der Waals surface area contributed by atoms with Crippen LogP contribution in [0.3, 0.4) is 0 Å². The molecular formula is C28H28ClFN2O4. The van der Waals surface area contributed by atoms with E-state index in [0.29, 0.717) is 35.7 Å². The predicted octanol–water partition coefficient (Wildman–Crippen LogP) is 6.58. The van der Waals surface area contributed by atoms with Gasteiger partial charge in [-0.2, -0.15) is 0 Å². The van der Waals surface area contributed by atoms with E-state index in [1.54, 1.807) is 6.07 Å². The maximum absolute atomic E-state index is 15.1. The second kappa shape index (κ2) is 9.20. The molecular weight excluding hydrogens is 483 g/mol. The van der Waals surface area contributed by atoms with Crippen LogP contribution in [0.4, 0.5) is 9.18 Å². The highest BCUT2D eigenvalue weighted by molar-refractivity contribution is 6.33. The van der Waals surface area contributed by atoms with Gasteiger partial charge in [0.05, 0.1) is 23.3 Å². The largest absolute Gasteiger partial charge is 0.445 e. The van der Waals surface area contributed by atoms with Crippen LogP contribution in [0, 0.1) is 12.8 Å². The number of hydrogen-bond acceptors (Lipinski definition) is 5. The summed E-state index contributed by atoms with van der Waals surface area (Å²) in [6, 6.07) is 15.4. The van der Waals surface area contributed by atoms with Crippen LogP contribution in [0.2, 0.25) is 5.02 Å². The molecule has 3 aliphatic rings. The zero-order chi connectivity index (χ0) is 24.9. The number of halogens is 2. The second-order valence-corrected chi connectivity index (χ2v) is 10.6. The Balaban J connectivity index is 1.13. The molecule has 2 aromatic carbocycles. The first-order valence-corrected chi connectivity index (χ1v) is 12.8. The van der Waals surface area contributed by atoms with E-state index in [0.717, 1.165) is 29.5 Å². The molecule has 2 aliphatic carbocycles. The fourth-order valence-electron chi connectivity index (χ4n) is 5.59. The lowest BCUT2D eigenvalue weighted by molar-refractivity contribution is -0.0119. The fraction of sp³-hybridized carbons (Fsp3) is 0.429. The number of rotatable bonds is 7. The molecule has 2 bridgehead atoms. The molecule has 8 heteroatoms. The number of carbonyl (C=O) groups excluding carboxylic acids is 1. The zero-order valence-electron chi connectivity index (χ0n) is 20.1. The van der Waals surface area contributed by atoms with Crippen molar-refractivity contribution >= 4 is 17.7 Å². The molecule has 3 aromatic rings. The summed E-state index contributed by atoms with van der Waals surface area (Å²) in [6.07, 6.45) is 2.15. The van der Waals surface area contributed by atoms with Crippen LogP contribution < -0.4 is 0 Å². The van der Waals surface area contributed by atoms with Gasteiger partial charge in [0, 0.05) is 24.1 Å². The molecule has 1 amide bonds. The third-order valence-corrected chi connectivity index (χ3v) is 8.02. The average Bonchev–Trinajstić information content (AvgIpc) is 3.21. The van der Waals surface area contributed by atoms with E-state index in [1.165, 1.54) is 0 Å². The van der Waals surface area contributed by atoms with Crippen molar-refractivity contribution in [3.05, 3.63) is 76.0 Å². The molecule has 3 fully saturated rings. The van der Waals surface area contributed by atoms with E-state index >= 15 is 4.39 Å². The van der Waals surface area contributed by atoms with E-state index in [-0.39, 0.29) is 43.1 Å². The van der Waals surface area contributed by atoms with E-state index < -0.39 is 5.67 Å². The first-order chi connectivity index (χ1) is 17.4. The summed E-state index contributed by atoms with van der Waals surface area (Å²) in [7, 11) is 0. The normalized spacial score (nSPS) is 23.8. The van der Waals surface area contributed by atoms with Crippen molar-refractivity contribution in [3.8, 4) is 11.3 Å². The third-order valence-electron chi connectivity index (χ3n) is 7.70. The molecule has 6 nitrogen and oxygen atoms in total. The van der Waals surface area contributed by atoms with Gasteiger partial charge in [0.2, 0.25) is 0 Å². The van der Waals surface area contributed by atoms with Gasteiger partial charge < -0.3 is 18.9 Å². The van der Waals surface area contributed by atoms with E-state index in [1.807, 2.05) is 54.3 Å². The minimum Gasteiger partial charge on any atom is -0.445 e. The van der Waals surface area contributed by atoms with Crippen molar-refractivity contribution < 1.29 is 23.2 Å². The monoisotopic (exact) mass is 510 g/mol.